The van der Waals surface area contributed by atoms with Crippen LogP contribution in [0.15, 0.2) is 42.5 Å². The Morgan fingerprint density at radius 1 is 0.630 bits per heavy atom. The van der Waals surface area contributed by atoms with Gasteiger partial charge in [-0.3, -0.25) is 0 Å². The van der Waals surface area contributed by atoms with E-state index < -0.39 is 4.33 Å². The number of rotatable bonds is 0. The molecule has 0 amide bonds. The molecule has 0 heterocycles. The van der Waals surface area contributed by atoms with Crippen LogP contribution in [-0.2, 0) is 37.0 Å². The molecular weight excluding hydrogens is 450 g/mol. The van der Waals surface area contributed by atoms with E-state index in [1.807, 2.05) is 0 Å². The van der Waals surface area contributed by atoms with Crippen molar-refractivity contribution in [3.63, 3.8) is 0 Å². The summed E-state index contributed by atoms with van der Waals surface area (Å²) in [7, 11) is 0. The Bertz CT molecular complexity index is 826. The molecule has 3 heteroatoms. The third kappa shape index (κ3) is 6.95. The van der Waals surface area contributed by atoms with E-state index in [0.717, 1.165) is 0 Å². The van der Waals surface area contributed by atoms with E-state index >= 15 is 0 Å². The fourth-order valence-corrected chi connectivity index (χ4v) is 2.93. The summed E-state index contributed by atoms with van der Waals surface area (Å²) in [5, 5.41) is 5.49. The number of hydrogen-bond donors (Lipinski definition) is 0. The molecule has 0 aliphatic heterocycles. The molecule has 0 nitrogen and oxygen atoms in total. The number of benzene rings is 2. The van der Waals surface area contributed by atoms with Gasteiger partial charge in [0.25, 0.3) is 0 Å². The molecule has 0 spiro atoms. The fraction of sp³-hybridized carbons (Fsp3) is 0.458. The molecule has 0 bridgehead atoms. The Kier molecular flexibility index (Phi) is 7.94. The molecule has 27 heavy (non-hydrogen) atoms. The average molecular weight is 482 g/mol. The summed E-state index contributed by atoms with van der Waals surface area (Å²) < 4.78 is -0.556. The zero-order valence-corrected chi connectivity index (χ0v) is 21.8. The Labute approximate surface area is 194 Å². The first-order chi connectivity index (χ1) is 11.7. The van der Waals surface area contributed by atoms with Gasteiger partial charge in [-0.15, -0.1) is 62.9 Å². The minimum absolute atomic E-state index is 0. The van der Waals surface area contributed by atoms with Gasteiger partial charge in [0.1, 0.15) is 4.33 Å². The van der Waals surface area contributed by atoms with E-state index in [1.54, 1.807) is 13.8 Å². The van der Waals surface area contributed by atoms with Crippen molar-refractivity contribution < 1.29 is 26.2 Å². The monoisotopic (exact) mass is 479 g/mol. The van der Waals surface area contributed by atoms with E-state index in [0.29, 0.717) is 0 Å². The van der Waals surface area contributed by atoms with Gasteiger partial charge >= 0.3 is 0 Å². The van der Waals surface area contributed by atoms with Crippen LogP contribution in [-0.4, -0.2) is 4.33 Å². The van der Waals surface area contributed by atoms with E-state index in [4.69, 9.17) is 23.2 Å². The predicted octanol–water partition coefficient (Wildman–Crippen LogP) is 8.50. The number of hydrogen-bond acceptors (Lipinski definition) is 0. The minimum Gasteiger partial charge on any atom is -0.126 e. The molecule has 0 aliphatic rings. The maximum absolute atomic E-state index is 5.30. The zero-order chi connectivity index (χ0) is 19.9. The fourth-order valence-electron chi connectivity index (χ4n) is 2.93. The molecule has 0 fully saturated rings. The van der Waals surface area contributed by atoms with Crippen LogP contribution in [0.4, 0.5) is 0 Å². The normalized spacial score (nSPS) is 12.5. The van der Waals surface area contributed by atoms with Gasteiger partial charge in [0.15, 0.2) is 0 Å². The third-order valence-electron chi connectivity index (χ3n) is 4.44. The van der Waals surface area contributed by atoms with Gasteiger partial charge in [-0.1, -0.05) is 76.9 Å². The largest absolute Gasteiger partial charge is 0.126 e. The van der Waals surface area contributed by atoms with Crippen LogP contribution in [0.3, 0.4) is 0 Å². The summed E-state index contributed by atoms with van der Waals surface area (Å²) in [6.07, 6.45) is 0. The van der Waals surface area contributed by atoms with Crippen molar-refractivity contribution >= 4 is 44.7 Å². The quantitative estimate of drug-likeness (QED) is 0.223. The van der Waals surface area contributed by atoms with Crippen molar-refractivity contribution in [2.45, 2.75) is 70.6 Å². The average Bonchev–Trinajstić information content (AvgIpc) is 2.80. The first-order valence-electron chi connectivity index (χ1n) is 9.18. The van der Waals surface area contributed by atoms with Gasteiger partial charge in [0.05, 0.1) is 0 Å². The molecule has 146 valence electrons. The molecule has 0 atom stereocenters. The molecule has 0 aromatic heterocycles. The summed E-state index contributed by atoms with van der Waals surface area (Å²) >= 11 is 10.6. The van der Waals surface area contributed by atoms with Crippen molar-refractivity contribution in [2.75, 3.05) is 0 Å². The minimum atomic E-state index is -0.556. The van der Waals surface area contributed by atoms with Crippen LogP contribution in [0, 0.1) is 0 Å². The summed E-state index contributed by atoms with van der Waals surface area (Å²) in [4.78, 5) is 0. The zero-order valence-electron chi connectivity index (χ0n) is 17.8. The van der Waals surface area contributed by atoms with Gasteiger partial charge in [0.2, 0.25) is 0 Å². The maximum Gasteiger partial charge on any atom is 0.112 e. The molecule has 0 aliphatic carbocycles. The SMILES string of the molecule is CC(C)(C)c1ccc2[cH-]c3ccc(C(C)(C)C)cc3c2c1.CC(C)(Cl)Cl.[Zr]. The molecule has 3 aromatic carbocycles. The van der Waals surface area contributed by atoms with Gasteiger partial charge in [0, 0.05) is 26.2 Å². The van der Waals surface area contributed by atoms with E-state index in [-0.39, 0.29) is 37.0 Å². The van der Waals surface area contributed by atoms with E-state index in [9.17, 15) is 0 Å². The second-order valence-electron chi connectivity index (χ2n) is 9.58. The smallest absolute Gasteiger partial charge is 0.112 e. The van der Waals surface area contributed by atoms with Crippen LogP contribution in [0.1, 0.15) is 66.5 Å². The predicted molar refractivity (Wildman–Crippen MR) is 120 cm³/mol. The van der Waals surface area contributed by atoms with Crippen LogP contribution in [0.2, 0.25) is 0 Å². The standard InChI is InChI=1S/C21H25.C3H6Cl2.Zr/c1-20(2,3)16-9-7-14-11-15-8-10-17(21(4,5)6)13-19(15)18(14)12-16;1-3(2,4)5;/h7-13H,1-6H3;1-2H3;/q-1;;. The molecule has 0 N–H and O–H groups in total. The van der Waals surface area contributed by atoms with Gasteiger partial charge in [-0.05, 0) is 24.7 Å². The molecule has 3 aromatic rings. The second kappa shape index (κ2) is 8.65. The van der Waals surface area contributed by atoms with Crippen molar-refractivity contribution in [1.82, 2.24) is 0 Å². The Morgan fingerprint density at radius 2 is 0.926 bits per heavy atom. The van der Waals surface area contributed by atoms with Crippen LogP contribution in [0.5, 0.6) is 0 Å². The van der Waals surface area contributed by atoms with Crippen molar-refractivity contribution in [3.05, 3.63) is 53.6 Å². The summed E-state index contributed by atoms with van der Waals surface area (Å²) in [6, 6.07) is 16.1. The summed E-state index contributed by atoms with van der Waals surface area (Å²) in [5.41, 5.74) is 3.20. The number of halogens is 2. The molecule has 3 rings (SSSR count). The Balaban J connectivity index is 0.000000542. The molecule has 0 saturated heterocycles. The summed E-state index contributed by atoms with van der Waals surface area (Å²) in [5.74, 6) is 0. The second-order valence-corrected chi connectivity index (χ2v) is 11.7. The maximum atomic E-state index is 5.30. The molecular formula is C24H31Cl2Zr-. The van der Waals surface area contributed by atoms with Crippen molar-refractivity contribution in [3.8, 4) is 0 Å². The molecule has 0 radical (unpaired) electrons. The van der Waals surface area contributed by atoms with Crippen LogP contribution < -0.4 is 0 Å². The Hall–Kier alpha value is -0.227. The topological polar surface area (TPSA) is 0 Å². The van der Waals surface area contributed by atoms with E-state index in [2.05, 4.69) is 84.0 Å². The number of fused-ring (bicyclic) bond motifs is 3. The first kappa shape index (κ1) is 24.8. The van der Waals surface area contributed by atoms with Crippen molar-refractivity contribution in [2.24, 2.45) is 0 Å². The van der Waals surface area contributed by atoms with E-state index in [1.165, 1.54) is 32.7 Å². The van der Waals surface area contributed by atoms with Gasteiger partial charge in [-0.2, -0.15) is 0 Å². The Morgan fingerprint density at radius 3 is 1.19 bits per heavy atom. The number of alkyl halides is 2. The summed E-state index contributed by atoms with van der Waals surface area (Å²) in [6.45, 7) is 17.1. The van der Waals surface area contributed by atoms with Gasteiger partial charge < -0.3 is 0 Å². The molecule has 0 unspecified atom stereocenters. The molecule has 0 saturated carbocycles. The first-order valence-corrected chi connectivity index (χ1v) is 9.94. The van der Waals surface area contributed by atoms with Gasteiger partial charge in [-0.25, -0.2) is 0 Å². The third-order valence-corrected chi connectivity index (χ3v) is 4.44. The van der Waals surface area contributed by atoms with Crippen LogP contribution in [0.25, 0.3) is 21.5 Å². The van der Waals surface area contributed by atoms with Crippen LogP contribution >= 0.6 is 23.2 Å². The van der Waals surface area contributed by atoms with Crippen molar-refractivity contribution in [1.29, 1.82) is 0 Å².